The van der Waals surface area contributed by atoms with Crippen LogP contribution in [-0.4, -0.2) is 19.2 Å². The van der Waals surface area contributed by atoms with Gasteiger partial charge < -0.3 is 10.1 Å². The van der Waals surface area contributed by atoms with Gasteiger partial charge in [-0.25, -0.2) is 0 Å². The Bertz CT molecular complexity index is 367. The van der Waals surface area contributed by atoms with E-state index in [1.54, 1.807) is 0 Å². The van der Waals surface area contributed by atoms with Gasteiger partial charge in [-0.3, -0.25) is 0 Å². The molecule has 17 heavy (non-hydrogen) atoms. The normalized spacial score (nSPS) is 20.6. The number of piperidine rings is 1. The highest BCUT2D eigenvalue weighted by Crippen LogP contribution is 2.34. The fraction of sp³-hybridized carbons (Fsp3) is 0.600. The Morgan fingerprint density at radius 1 is 1.35 bits per heavy atom. The average molecular weight is 233 g/mol. The monoisotopic (exact) mass is 233 g/mol. The predicted molar refractivity (Wildman–Crippen MR) is 71.8 cm³/mol. The lowest BCUT2D eigenvalue weighted by molar-refractivity contribution is 0.237. The molecule has 1 aliphatic rings. The molecule has 1 unspecified atom stereocenters. The minimum absolute atomic E-state index is 0.243. The third-order valence-electron chi connectivity index (χ3n) is 3.35. The molecule has 0 aromatic heterocycles. The third kappa shape index (κ3) is 3.01. The van der Waals surface area contributed by atoms with Gasteiger partial charge in [0, 0.05) is 18.0 Å². The van der Waals surface area contributed by atoms with Crippen LogP contribution < -0.4 is 10.1 Å². The molecule has 0 spiro atoms. The summed E-state index contributed by atoms with van der Waals surface area (Å²) in [6.45, 7) is 8.61. The van der Waals surface area contributed by atoms with Gasteiger partial charge in [-0.05, 0) is 51.8 Å². The van der Waals surface area contributed by atoms with Crippen molar-refractivity contribution >= 4 is 0 Å². The zero-order chi connectivity index (χ0) is 12.3. The Morgan fingerprint density at radius 3 is 2.82 bits per heavy atom. The molecule has 1 atom stereocenters. The largest absolute Gasteiger partial charge is 0.491 e. The van der Waals surface area contributed by atoms with Gasteiger partial charge in [0.25, 0.3) is 0 Å². The molecule has 0 bridgehead atoms. The maximum absolute atomic E-state index is 5.95. The minimum atomic E-state index is 0.243. The minimum Gasteiger partial charge on any atom is -0.491 e. The van der Waals surface area contributed by atoms with E-state index in [0.717, 1.165) is 18.8 Å². The molecule has 2 nitrogen and oxygen atoms in total. The number of aryl methyl sites for hydroxylation is 1. The van der Waals surface area contributed by atoms with Crippen LogP contribution in [0.5, 0.6) is 5.75 Å². The van der Waals surface area contributed by atoms with Crippen molar-refractivity contribution < 1.29 is 4.74 Å². The van der Waals surface area contributed by atoms with Crippen molar-refractivity contribution in [3.8, 4) is 5.75 Å². The van der Waals surface area contributed by atoms with Gasteiger partial charge in [-0.15, -0.1) is 0 Å². The van der Waals surface area contributed by atoms with Crippen LogP contribution in [0.25, 0.3) is 0 Å². The lowest BCUT2D eigenvalue weighted by Gasteiger charge is -2.27. The van der Waals surface area contributed by atoms with Gasteiger partial charge in [-0.1, -0.05) is 12.1 Å². The molecular formula is C15H23NO. The first-order chi connectivity index (χ1) is 8.18. The molecule has 1 heterocycles. The molecule has 0 saturated carbocycles. The van der Waals surface area contributed by atoms with Crippen molar-refractivity contribution in [2.24, 2.45) is 0 Å². The number of rotatable bonds is 3. The SMILES string of the molecule is Cc1cccc(OC(C)C)c1C1CCCNC1. The molecule has 0 aliphatic carbocycles. The highest BCUT2D eigenvalue weighted by molar-refractivity contribution is 5.42. The highest BCUT2D eigenvalue weighted by atomic mass is 16.5. The van der Waals surface area contributed by atoms with Crippen LogP contribution in [-0.2, 0) is 0 Å². The van der Waals surface area contributed by atoms with Crippen molar-refractivity contribution in [2.75, 3.05) is 13.1 Å². The van der Waals surface area contributed by atoms with Crippen LogP contribution in [0.15, 0.2) is 18.2 Å². The van der Waals surface area contributed by atoms with E-state index in [1.807, 2.05) is 0 Å². The van der Waals surface area contributed by atoms with Crippen LogP contribution >= 0.6 is 0 Å². The van der Waals surface area contributed by atoms with Gasteiger partial charge in [0.15, 0.2) is 0 Å². The van der Waals surface area contributed by atoms with Crippen LogP contribution in [0.3, 0.4) is 0 Å². The smallest absolute Gasteiger partial charge is 0.123 e. The van der Waals surface area contributed by atoms with E-state index in [0.29, 0.717) is 5.92 Å². The summed E-state index contributed by atoms with van der Waals surface area (Å²) >= 11 is 0. The number of ether oxygens (including phenoxy) is 1. The molecule has 1 saturated heterocycles. The summed E-state index contributed by atoms with van der Waals surface area (Å²) in [6.07, 6.45) is 2.78. The van der Waals surface area contributed by atoms with Crippen LogP contribution in [0.2, 0.25) is 0 Å². The number of nitrogens with one attached hydrogen (secondary N) is 1. The molecule has 2 heteroatoms. The molecule has 0 amide bonds. The number of hydrogen-bond acceptors (Lipinski definition) is 2. The quantitative estimate of drug-likeness (QED) is 0.865. The molecule has 2 rings (SSSR count). The first-order valence-electron chi connectivity index (χ1n) is 6.65. The van der Waals surface area contributed by atoms with Gasteiger partial charge in [0.05, 0.1) is 6.10 Å². The topological polar surface area (TPSA) is 21.3 Å². The van der Waals surface area contributed by atoms with Gasteiger partial charge in [0.1, 0.15) is 5.75 Å². The maximum atomic E-state index is 5.95. The van der Waals surface area contributed by atoms with Crippen LogP contribution in [0, 0.1) is 6.92 Å². The van der Waals surface area contributed by atoms with Crippen molar-refractivity contribution in [3.63, 3.8) is 0 Å². The summed E-state index contributed by atoms with van der Waals surface area (Å²) in [5, 5.41) is 3.49. The van der Waals surface area contributed by atoms with E-state index in [9.17, 15) is 0 Å². The lowest BCUT2D eigenvalue weighted by atomic mass is 9.88. The van der Waals surface area contributed by atoms with E-state index in [1.165, 1.54) is 24.0 Å². The second kappa shape index (κ2) is 5.54. The number of hydrogen-bond donors (Lipinski definition) is 1. The molecule has 1 N–H and O–H groups in total. The van der Waals surface area contributed by atoms with Gasteiger partial charge >= 0.3 is 0 Å². The molecule has 1 aromatic rings. The van der Waals surface area contributed by atoms with Crippen LogP contribution in [0.1, 0.15) is 43.7 Å². The summed E-state index contributed by atoms with van der Waals surface area (Å²) in [4.78, 5) is 0. The lowest BCUT2D eigenvalue weighted by Crippen LogP contribution is -2.29. The summed E-state index contributed by atoms with van der Waals surface area (Å²) in [5.41, 5.74) is 2.77. The second-order valence-electron chi connectivity index (χ2n) is 5.20. The van der Waals surface area contributed by atoms with Crippen molar-refractivity contribution in [1.82, 2.24) is 5.32 Å². The van der Waals surface area contributed by atoms with Crippen molar-refractivity contribution in [2.45, 2.75) is 45.6 Å². The maximum Gasteiger partial charge on any atom is 0.123 e. The molecule has 94 valence electrons. The predicted octanol–water partition coefficient (Wildman–Crippen LogP) is 3.25. The first-order valence-corrected chi connectivity index (χ1v) is 6.65. The fourth-order valence-corrected chi connectivity index (χ4v) is 2.63. The Morgan fingerprint density at radius 2 is 2.18 bits per heavy atom. The van der Waals surface area contributed by atoms with Gasteiger partial charge in [0.2, 0.25) is 0 Å². The summed E-state index contributed by atoms with van der Waals surface area (Å²) < 4.78 is 5.95. The van der Waals surface area contributed by atoms with Crippen LogP contribution in [0.4, 0.5) is 0 Å². The zero-order valence-corrected chi connectivity index (χ0v) is 11.1. The summed E-state index contributed by atoms with van der Waals surface area (Å²) in [7, 11) is 0. The first kappa shape index (κ1) is 12.4. The van der Waals surface area contributed by atoms with E-state index in [4.69, 9.17) is 4.74 Å². The molecule has 0 radical (unpaired) electrons. The Balaban J connectivity index is 2.28. The van der Waals surface area contributed by atoms with E-state index < -0.39 is 0 Å². The average Bonchev–Trinajstić information content (AvgIpc) is 2.29. The highest BCUT2D eigenvalue weighted by Gasteiger charge is 2.21. The molecular weight excluding hydrogens is 210 g/mol. The summed E-state index contributed by atoms with van der Waals surface area (Å²) in [5.74, 6) is 1.69. The molecule has 1 aliphatic heterocycles. The zero-order valence-electron chi connectivity index (χ0n) is 11.1. The Kier molecular flexibility index (Phi) is 4.06. The Hall–Kier alpha value is -1.02. The standard InChI is InChI=1S/C15H23NO/c1-11(2)17-14-8-4-6-12(3)15(14)13-7-5-9-16-10-13/h4,6,8,11,13,16H,5,7,9-10H2,1-3H3. The van der Waals surface area contributed by atoms with Crippen molar-refractivity contribution in [3.05, 3.63) is 29.3 Å². The Labute approximate surface area is 104 Å². The van der Waals surface area contributed by atoms with E-state index >= 15 is 0 Å². The molecule has 1 aromatic carbocycles. The van der Waals surface area contributed by atoms with E-state index in [-0.39, 0.29) is 6.10 Å². The summed E-state index contributed by atoms with van der Waals surface area (Å²) in [6, 6.07) is 6.39. The van der Waals surface area contributed by atoms with E-state index in [2.05, 4.69) is 44.3 Å². The third-order valence-corrected chi connectivity index (χ3v) is 3.35. The molecule has 1 fully saturated rings. The van der Waals surface area contributed by atoms with Crippen molar-refractivity contribution in [1.29, 1.82) is 0 Å². The number of benzene rings is 1. The second-order valence-corrected chi connectivity index (χ2v) is 5.20. The van der Waals surface area contributed by atoms with Gasteiger partial charge in [-0.2, -0.15) is 0 Å². The fourth-order valence-electron chi connectivity index (χ4n) is 2.63.